The maximum atomic E-state index is 13.1. The third-order valence-electron chi connectivity index (χ3n) is 6.40. The van der Waals surface area contributed by atoms with Gasteiger partial charge < -0.3 is 25.6 Å². The van der Waals surface area contributed by atoms with E-state index in [2.05, 4.69) is 27.5 Å². The van der Waals surface area contributed by atoms with Crippen molar-refractivity contribution < 1.29 is 19.1 Å². The number of carbonyl (C=O) groups excluding carboxylic acids is 3. The summed E-state index contributed by atoms with van der Waals surface area (Å²) < 4.78 is 5.35. The van der Waals surface area contributed by atoms with Gasteiger partial charge in [-0.2, -0.15) is 0 Å². The van der Waals surface area contributed by atoms with Crippen molar-refractivity contribution in [3.05, 3.63) is 99.3 Å². The Kier molecular flexibility index (Phi) is 9.42. The Hall–Kier alpha value is -3.92. The Morgan fingerprint density at radius 1 is 1.15 bits per heavy atom. The number of amides is 3. The minimum atomic E-state index is -0.686. The van der Waals surface area contributed by atoms with Crippen LogP contribution in [0.5, 0.6) is 0 Å². The molecule has 2 aromatic carbocycles. The van der Waals surface area contributed by atoms with E-state index in [0.717, 1.165) is 5.56 Å². The molecule has 9 nitrogen and oxygen atoms in total. The van der Waals surface area contributed by atoms with Crippen molar-refractivity contribution in [2.45, 2.75) is 19.9 Å². The highest BCUT2D eigenvalue weighted by molar-refractivity contribution is 6.35. The van der Waals surface area contributed by atoms with E-state index in [1.165, 1.54) is 18.2 Å². The number of amidine groups is 1. The zero-order valence-electron chi connectivity index (χ0n) is 22.1. The number of hydrogen-bond acceptors (Lipinski definition) is 6. The number of morpholine rings is 1. The SMILES string of the molecule is C=C(/N=C1/NC(=O)C(C(=O)Nc2cc(C(=O)NC(C)c3cccc(Cl)c3)ccc2Cl)=C/C1=C/C)N1CCOCC1. The molecule has 2 heterocycles. The monoisotopic (exact) mass is 581 g/mol. The number of nitrogens with zero attached hydrogens (tertiary/aromatic N) is 2. The molecular formula is C29H29Cl2N5O4. The third kappa shape index (κ3) is 6.98. The first-order valence-electron chi connectivity index (χ1n) is 12.6. The topological polar surface area (TPSA) is 112 Å². The van der Waals surface area contributed by atoms with Crippen LogP contribution >= 0.6 is 23.2 Å². The number of hydrogen-bond donors (Lipinski definition) is 3. The largest absolute Gasteiger partial charge is 0.378 e. The van der Waals surface area contributed by atoms with Crippen LogP contribution in [-0.2, 0) is 14.3 Å². The van der Waals surface area contributed by atoms with Gasteiger partial charge in [-0.25, -0.2) is 4.99 Å². The van der Waals surface area contributed by atoms with Gasteiger partial charge in [-0.05, 0) is 55.8 Å². The van der Waals surface area contributed by atoms with E-state index in [1.54, 1.807) is 37.3 Å². The fourth-order valence-corrected chi connectivity index (χ4v) is 4.49. The lowest BCUT2D eigenvalue weighted by Crippen LogP contribution is -2.41. The number of halogens is 2. The molecule has 2 aromatic rings. The van der Waals surface area contributed by atoms with Gasteiger partial charge in [-0.15, -0.1) is 0 Å². The standard InChI is InChI=1S/C29H29Cl2N5O4/c1-4-19-15-23(29(39)35-26(19)33-18(3)36-10-12-40-13-11-36)28(38)34-25-16-21(8-9-24(25)31)27(37)32-17(2)20-6-5-7-22(30)14-20/h4-9,14-17H,3,10-13H2,1-2H3,(H,32,37)(H,34,38)(H,33,35,39)/b19-4-. The Labute approximate surface area is 242 Å². The molecule has 2 aliphatic heterocycles. The summed E-state index contributed by atoms with van der Waals surface area (Å²) in [5.41, 5.74) is 1.72. The second kappa shape index (κ2) is 13.0. The van der Waals surface area contributed by atoms with Gasteiger partial charge in [0.1, 0.15) is 17.2 Å². The van der Waals surface area contributed by atoms with E-state index in [1.807, 2.05) is 17.9 Å². The van der Waals surface area contributed by atoms with Crippen molar-refractivity contribution in [2.75, 3.05) is 31.6 Å². The number of ether oxygens (including phenoxy) is 1. The molecule has 11 heteroatoms. The number of anilines is 1. The lowest BCUT2D eigenvalue weighted by atomic mass is 10.0. The molecule has 3 N–H and O–H groups in total. The first-order valence-corrected chi connectivity index (χ1v) is 13.4. The summed E-state index contributed by atoms with van der Waals surface area (Å²) in [5.74, 6) is -0.893. The summed E-state index contributed by atoms with van der Waals surface area (Å²) in [5, 5.41) is 9.00. The van der Waals surface area contributed by atoms with Crippen molar-refractivity contribution in [3.63, 3.8) is 0 Å². The van der Waals surface area contributed by atoms with E-state index >= 15 is 0 Å². The fraction of sp³-hybridized carbons (Fsp3) is 0.241. The Morgan fingerprint density at radius 3 is 2.60 bits per heavy atom. The Bertz CT molecular complexity index is 1440. The van der Waals surface area contributed by atoms with Crippen LogP contribution in [0.15, 0.2) is 83.2 Å². The number of allylic oxidation sites excluding steroid dienone is 1. The zero-order valence-corrected chi connectivity index (χ0v) is 23.6. The van der Waals surface area contributed by atoms with Crippen LogP contribution in [0.1, 0.15) is 35.8 Å². The van der Waals surface area contributed by atoms with Crippen LogP contribution < -0.4 is 16.0 Å². The molecule has 0 bridgehead atoms. The van der Waals surface area contributed by atoms with Gasteiger partial charge in [-0.3, -0.25) is 14.4 Å². The van der Waals surface area contributed by atoms with E-state index in [9.17, 15) is 14.4 Å². The van der Waals surface area contributed by atoms with E-state index in [0.29, 0.717) is 48.6 Å². The molecule has 0 spiro atoms. The van der Waals surface area contributed by atoms with E-state index < -0.39 is 11.8 Å². The molecule has 1 saturated heterocycles. The van der Waals surface area contributed by atoms with Gasteiger partial charge in [-0.1, -0.05) is 48.0 Å². The third-order valence-corrected chi connectivity index (χ3v) is 6.96. The van der Waals surface area contributed by atoms with Gasteiger partial charge in [0.2, 0.25) is 0 Å². The molecule has 2 aliphatic rings. The highest BCUT2D eigenvalue weighted by atomic mass is 35.5. The van der Waals surface area contributed by atoms with Crippen LogP contribution in [0.25, 0.3) is 0 Å². The van der Waals surface area contributed by atoms with Gasteiger partial charge in [0.15, 0.2) is 0 Å². The first kappa shape index (κ1) is 29.1. The number of nitrogens with one attached hydrogen (secondary N) is 3. The van der Waals surface area contributed by atoms with Gasteiger partial charge in [0, 0.05) is 29.2 Å². The average Bonchev–Trinajstić information content (AvgIpc) is 2.94. The van der Waals surface area contributed by atoms with Crippen molar-refractivity contribution >= 4 is 52.4 Å². The molecule has 3 amide bonds. The van der Waals surface area contributed by atoms with Crippen molar-refractivity contribution in [1.82, 2.24) is 15.5 Å². The molecule has 0 aromatic heterocycles. The summed E-state index contributed by atoms with van der Waals surface area (Å²) in [4.78, 5) is 45.4. The van der Waals surface area contributed by atoms with Crippen molar-refractivity contribution in [2.24, 2.45) is 4.99 Å². The van der Waals surface area contributed by atoms with Gasteiger partial charge in [0.05, 0.1) is 30.0 Å². The maximum absolute atomic E-state index is 13.1. The van der Waals surface area contributed by atoms with Crippen LogP contribution in [0.2, 0.25) is 10.0 Å². The number of rotatable bonds is 7. The fourth-order valence-electron chi connectivity index (χ4n) is 4.13. The summed E-state index contributed by atoms with van der Waals surface area (Å²) in [7, 11) is 0. The molecular weight excluding hydrogens is 553 g/mol. The van der Waals surface area contributed by atoms with E-state index in [-0.39, 0.29) is 33.8 Å². The zero-order chi connectivity index (χ0) is 28.8. The minimum Gasteiger partial charge on any atom is -0.378 e. The predicted molar refractivity (Wildman–Crippen MR) is 156 cm³/mol. The molecule has 1 atom stereocenters. The molecule has 0 aliphatic carbocycles. The normalized spacial score (nSPS) is 18.1. The van der Waals surface area contributed by atoms with Crippen LogP contribution in [0, 0.1) is 0 Å². The maximum Gasteiger partial charge on any atom is 0.262 e. The number of aliphatic imine (C=N–C) groups is 1. The number of carbonyl (C=O) groups is 3. The molecule has 0 radical (unpaired) electrons. The van der Waals surface area contributed by atoms with Gasteiger partial charge in [0.25, 0.3) is 17.7 Å². The highest BCUT2D eigenvalue weighted by Gasteiger charge is 2.27. The Balaban J connectivity index is 1.48. The lowest BCUT2D eigenvalue weighted by molar-refractivity contribution is -0.120. The molecule has 1 fully saturated rings. The summed E-state index contributed by atoms with van der Waals surface area (Å²) in [6, 6.07) is 11.4. The van der Waals surface area contributed by atoms with Crippen LogP contribution in [-0.4, -0.2) is 54.8 Å². The molecule has 4 rings (SSSR count). The molecule has 208 valence electrons. The van der Waals surface area contributed by atoms with Crippen molar-refractivity contribution in [1.29, 1.82) is 0 Å². The molecule has 40 heavy (non-hydrogen) atoms. The minimum absolute atomic E-state index is 0.135. The molecule has 1 unspecified atom stereocenters. The lowest BCUT2D eigenvalue weighted by Gasteiger charge is -2.29. The second-order valence-corrected chi connectivity index (χ2v) is 9.97. The Morgan fingerprint density at radius 2 is 1.90 bits per heavy atom. The molecule has 0 saturated carbocycles. The van der Waals surface area contributed by atoms with Gasteiger partial charge >= 0.3 is 0 Å². The van der Waals surface area contributed by atoms with Crippen LogP contribution in [0.3, 0.4) is 0 Å². The number of benzene rings is 2. The van der Waals surface area contributed by atoms with Crippen LogP contribution in [0.4, 0.5) is 5.69 Å². The second-order valence-electron chi connectivity index (χ2n) is 9.13. The smallest absolute Gasteiger partial charge is 0.262 e. The summed E-state index contributed by atoms with van der Waals surface area (Å²) in [6.45, 7) is 10.0. The summed E-state index contributed by atoms with van der Waals surface area (Å²) in [6.07, 6.45) is 3.19. The highest BCUT2D eigenvalue weighted by Crippen LogP contribution is 2.25. The quantitative estimate of drug-likeness (QED) is 0.413. The first-order chi connectivity index (χ1) is 19.2. The predicted octanol–water partition coefficient (Wildman–Crippen LogP) is 4.63. The van der Waals surface area contributed by atoms with E-state index in [4.69, 9.17) is 27.9 Å². The summed E-state index contributed by atoms with van der Waals surface area (Å²) >= 11 is 12.4. The van der Waals surface area contributed by atoms with Crippen molar-refractivity contribution in [3.8, 4) is 0 Å². The average molecular weight is 582 g/mol.